The van der Waals surface area contributed by atoms with Crippen LogP contribution in [0.5, 0.6) is 0 Å². The molecular formula is C15H21ClN2. The molecule has 1 aromatic rings. The Morgan fingerprint density at radius 3 is 2.72 bits per heavy atom. The summed E-state index contributed by atoms with van der Waals surface area (Å²) in [5, 5.41) is 0.807. The van der Waals surface area contributed by atoms with Crippen LogP contribution in [0.1, 0.15) is 38.5 Å². The van der Waals surface area contributed by atoms with E-state index in [1.807, 2.05) is 12.1 Å². The summed E-state index contributed by atoms with van der Waals surface area (Å²) in [5.74, 6) is 0.876. The summed E-state index contributed by atoms with van der Waals surface area (Å²) < 4.78 is 0. The number of nitrogens with zero attached hydrogens (tertiary/aromatic N) is 1. The van der Waals surface area contributed by atoms with Gasteiger partial charge in [0.25, 0.3) is 0 Å². The van der Waals surface area contributed by atoms with E-state index in [4.69, 9.17) is 17.3 Å². The van der Waals surface area contributed by atoms with Crippen LogP contribution in [0.4, 0.5) is 11.4 Å². The van der Waals surface area contributed by atoms with Crippen LogP contribution >= 0.6 is 11.6 Å². The second kappa shape index (κ2) is 5.00. The van der Waals surface area contributed by atoms with Gasteiger partial charge in [0, 0.05) is 18.3 Å². The van der Waals surface area contributed by atoms with E-state index >= 15 is 0 Å². The molecule has 0 radical (unpaired) electrons. The summed E-state index contributed by atoms with van der Waals surface area (Å²) in [6.45, 7) is 1.14. The summed E-state index contributed by atoms with van der Waals surface area (Å²) in [4.78, 5) is 2.54. The molecule has 18 heavy (non-hydrogen) atoms. The number of benzene rings is 1. The van der Waals surface area contributed by atoms with E-state index in [0.29, 0.717) is 6.04 Å². The van der Waals surface area contributed by atoms with Crippen molar-refractivity contribution in [3.63, 3.8) is 0 Å². The van der Waals surface area contributed by atoms with Crippen molar-refractivity contribution in [1.29, 1.82) is 0 Å². The Hall–Kier alpha value is -0.890. The molecule has 1 aliphatic heterocycles. The minimum Gasteiger partial charge on any atom is -0.399 e. The number of hydrogen-bond acceptors (Lipinski definition) is 2. The van der Waals surface area contributed by atoms with Crippen LogP contribution in [-0.2, 0) is 0 Å². The van der Waals surface area contributed by atoms with Gasteiger partial charge in [-0.15, -0.1) is 0 Å². The van der Waals surface area contributed by atoms with Crippen LogP contribution in [0, 0.1) is 5.92 Å². The molecule has 3 rings (SSSR count). The Bertz CT molecular complexity index is 431. The van der Waals surface area contributed by atoms with Crippen molar-refractivity contribution >= 4 is 23.0 Å². The fourth-order valence-corrected chi connectivity index (χ4v) is 3.98. The van der Waals surface area contributed by atoms with Gasteiger partial charge in [-0.2, -0.15) is 0 Å². The molecule has 0 unspecified atom stereocenters. The van der Waals surface area contributed by atoms with E-state index in [2.05, 4.69) is 11.0 Å². The molecule has 0 bridgehead atoms. The van der Waals surface area contributed by atoms with Gasteiger partial charge in [0.05, 0.1) is 10.7 Å². The number of rotatable bonds is 1. The van der Waals surface area contributed by atoms with Gasteiger partial charge in [-0.05, 0) is 49.8 Å². The van der Waals surface area contributed by atoms with Gasteiger partial charge in [0.1, 0.15) is 0 Å². The van der Waals surface area contributed by atoms with Crippen molar-refractivity contribution in [3.8, 4) is 0 Å². The van der Waals surface area contributed by atoms with Crippen molar-refractivity contribution < 1.29 is 0 Å². The quantitative estimate of drug-likeness (QED) is 0.775. The highest BCUT2D eigenvalue weighted by atomic mass is 35.5. The van der Waals surface area contributed by atoms with Crippen LogP contribution in [0.3, 0.4) is 0 Å². The van der Waals surface area contributed by atoms with E-state index in [1.165, 1.54) is 44.2 Å². The molecule has 1 saturated carbocycles. The molecule has 98 valence electrons. The fourth-order valence-electron chi connectivity index (χ4n) is 3.68. The standard InChI is InChI=1S/C15H21ClN2/c16-13-10-12(17)7-8-15(13)18-9-3-5-11-4-1-2-6-14(11)18/h7-8,10-11,14H,1-6,9,17H2/t11-,14-/m1/s1. The Labute approximate surface area is 114 Å². The van der Waals surface area contributed by atoms with Crippen LogP contribution < -0.4 is 10.6 Å². The molecule has 0 spiro atoms. The van der Waals surface area contributed by atoms with Gasteiger partial charge in [-0.25, -0.2) is 0 Å². The third-order valence-corrected chi connectivity index (χ3v) is 4.83. The van der Waals surface area contributed by atoms with Gasteiger partial charge in [-0.3, -0.25) is 0 Å². The lowest BCUT2D eigenvalue weighted by Gasteiger charge is -2.45. The molecule has 0 aromatic heterocycles. The normalized spacial score (nSPS) is 27.9. The minimum absolute atomic E-state index is 0.702. The Kier molecular flexibility index (Phi) is 3.38. The molecule has 0 amide bonds. The monoisotopic (exact) mass is 264 g/mol. The maximum atomic E-state index is 6.37. The molecule has 2 N–H and O–H groups in total. The molecule has 1 heterocycles. The zero-order chi connectivity index (χ0) is 12.5. The first kappa shape index (κ1) is 12.2. The number of nitrogen functional groups attached to an aromatic ring is 1. The fraction of sp³-hybridized carbons (Fsp3) is 0.600. The minimum atomic E-state index is 0.702. The molecule has 2 aliphatic rings. The van der Waals surface area contributed by atoms with Gasteiger partial charge in [0.15, 0.2) is 0 Å². The number of fused-ring (bicyclic) bond motifs is 1. The average molecular weight is 265 g/mol. The summed E-state index contributed by atoms with van der Waals surface area (Å²) >= 11 is 6.37. The van der Waals surface area contributed by atoms with Crippen molar-refractivity contribution in [2.24, 2.45) is 5.92 Å². The van der Waals surface area contributed by atoms with Crippen LogP contribution in [-0.4, -0.2) is 12.6 Å². The summed E-state index contributed by atoms with van der Waals surface area (Å²) in [7, 11) is 0. The molecule has 1 aliphatic carbocycles. The lowest BCUT2D eigenvalue weighted by atomic mass is 9.78. The SMILES string of the molecule is Nc1ccc(N2CCC[C@H]3CCCC[C@H]32)c(Cl)c1. The number of hydrogen-bond donors (Lipinski definition) is 1. The highest BCUT2D eigenvalue weighted by Crippen LogP contribution is 2.40. The van der Waals surface area contributed by atoms with Gasteiger partial charge >= 0.3 is 0 Å². The topological polar surface area (TPSA) is 29.3 Å². The molecule has 1 saturated heterocycles. The molecule has 1 aromatic carbocycles. The maximum absolute atomic E-state index is 6.37. The van der Waals surface area contributed by atoms with Crippen molar-refractivity contribution in [1.82, 2.24) is 0 Å². The van der Waals surface area contributed by atoms with Crippen molar-refractivity contribution in [2.45, 2.75) is 44.6 Å². The predicted octanol–water partition coefficient (Wildman–Crippen LogP) is 4.08. The van der Waals surface area contributed by atoms with Gasteiger partial charge < -0.3 is 10.6 Å². The number of anilines is 2. The number of halogens is 1. The van der Waals surface area contributed by atoms with Crippen molar-refractivity contribution in [2.75, 3.05) is 17.2 Å². The predicted molar refractivity (Wildman–Crippen MR) is 78.2 cm³/mol. The zero-order valence-electron chi connectivity index (χ0n) is 10.7. The van der Waals surface area contributed by atoms with E-state index in [-0.39, 0.29) is 0 Å². The molecule has 3 heteroatoms. The third-order valence-electron chi connectivity index (χ3n) is 4.52. The molecule has 2 nitrogen and oxygen atoms in total. The highest BCUT2D eigenvalue weighted by Gasteiger charge is 2.33. The Morgan fingerprint density at radius 2 is 1.89 bits per heavy atom. The molecule has 2 atom stereocenters. The van der Waals surface area contributed by atoms with Gasteiger partial charge in [0.2, 0.25) is 0 Å². The zero-order valence-corrected chi connectivity index (χ0v) is 11.5. The maximum Gasteiger partial charge on any atom is 0.0660 e. The third kappa shape index (κ3) is 2.18. The van der Waals surface area contributed by atoms with E-state index in [9.17, 15) is 0 Å². The largest absolute Gasteiger partial charge is 0.399 e. The van der Waals surface area contributed by atoms with Crippen molar-refractivity contribution in [3.05, 3.63) is 23.2 Å². The Morgan fingerprint density at radius 1 is 1.11 bits per heavy atom. The number of piperidine rings is 1. The second-order valence-corrected chi connectivity index (χ2v) is 6.07. The second-order valence-electron chi connectivity index (χ2n) is 5.66. The van der Waals surface area contributed by atoms with E-state index < -0.39 is 0 Å². The van der Waals surface area contributed by atoms with Gasteiger partial charge in [-0.1, -0.05) is 24.4 Å². The first-order chi connectivity index (χ1) is 8.75. The summed E-state index contributed by atoms with van der Waals surface area (Å²) in [6.07, 6.45) is 8.18. The van der Waals surface area contributed by atoms with Crippen LogP contribution in [0.25, 0.3) is 0 Å². The van der Waals surface area contributed by atoms with Crippen LogP contribution in [0.15, 0.2) is 18.2 Å². The lowest BCUT2D eigenvalue weighted by Crippen LogP contribution is -2.47. The first-order valence-electron chi connectivity index (χ1n) is 7.07. The van der Waals surface area contributed by atoms with E-state index in [0.717, 1.165) is 23.2 Å². The smallest absolute Gasteiger partial charge is 0.0660 e. The average Bonchev–Trinajstić information content (AvgIpc) is 2.38. The molecular weight excluding hydrogens is 244 g/mol. The lowest BCUT2D eigenvalue weighted by molar-refractivity contribution is 0.244. The summed E-state index contributed by atoms with van der Waals surface area (Å²) in [6, 6.07) is 6.64. The van der Waals surface area contributed by atoms with E-state index in [1.54, 1.807) is 0 Å². The Balaban J connectivity index is 1.89. The summed E-state index contributed by atoms with van der Waals surface area (Å²) in [5.41, 5.74) is 7.72. The number of nitrogens with two attached hydrogens (primary N) is 1. The molecule has 2 fully saturated rings. The highest BCUT2D eigenvalue weighted by molar-refractivity contribution is 6.33. The first-order valence-corrected chi connectivity index (χ1v) is 7.45. The van der Waals surface area contributed by atoms with Crippen LogP contribution in [0.2, 0.25) is 5.02 Å².